The van der Waals surface area contributed by atoms with Crippen LogP contribution < -0.4 is 5.73 Å². The van der Waals surface area contributed by atoms with Crippen molar-refractivity contribution >= 4 is 5.84 Å². The molecule has 0 saturated heterocycles. The average molecular weight is 158 g/mol. The molecule has 0 unspecified atom stereocenters. The minimum Gasteiger partial charge on any atom is -0.382 e. The maximum absolute atomic E-state index is 12.0. The fourth-order valence-corrected chi connectivity index (χ4v) is 0.236. The van der Waals surface area contributed by atoms with Crippen LogP contribution in [0.25, 0.3) is 0 Å². The van der Waals surface area contributed by atoms with Crippen molar-refractivity contribution in [1.29, 1.82) is 5.41 Å². The van der Waals surface area contributed by atoms with Crippen LogP contribution in [0.1, 0.15) is 6.92 Å². The first-order valence-corrected chi connectivity index (χ1v) is 2.29. The van der Waals surface area contributed by atoms with Gasteiger partial charge in [0.1, 0.15) is 0 Å². The number of hydrogen-bond acceptors (Lipinski definition) is 1. The number of alkyl halides is 4. The minimum atomic E-state index is -4.53. The van der Waals surface area contributed by atoms with Crippen molar-refractivity contribution in [3.8, 4) is 0 Å². The molecule has 0 aliphatic carbocycles. The van der Waals surface area contributed by atoms with Gasteiger partial charge in [-0.1, -0.05) is 0 Å². The standard InChI is InChI=1S/C4H6F4N2/c1-3(5,6)4(7,8)2(9)10/h1H3,(H3,9,10). The van der Waals surface area contributed by atoms with E-state index < -0.39 is 17.7 Å². The molecule has 0 rings (SSSR count). The normalized spacial score (nSPS) is 13.3. The Hall–Kier alpha value is -0.810. The Balaban J connectivity index is 4.57. The fourth-order valence-electron chi connectivity index (χ4n) is 0.236. The molecule has 0 aromatic rings. The Morgan fingerprint density at radius 2 is 1.60 bits per heavy atom. The van der Waals surface area contributed by atoms with Gasteiger partial charge in [0.05, 0.1) is 0 Å². The Morgan fingerprint density at radius 3 is 1.60 bits per heavy atom. The number of nitrogens with one attached hydrogen (secondary N) is 1. The molecule has 0 bridgehead atoms. The molecular weight excluding hydrogens is 152 g/mol. The van der Waals surface area contributed by atoms with E-state index >= 15 is 0 Å². The highest BCUT2D eigenvalue weighted by atomic mass is 19.3. The maximum atomic E-state index is 12.0. The van der Waals surface area contributed by atoms with Gasteiger partial charge >= 0.3 is 11.8 Å². The molecule has 0 saturated carbocycles. The van der Waals surface area contributed by atoms with Gasteiger partial charge in [0.15, 0.2) is 5.84 Å². The van der Waals surface area contributed by atoms with Crippen LogP contribution in [0.3, 0.4) is 0 Å². The Kier molecular flexibility index (Phi) is 1.93. The van der Waals surface area contributed by atoms with Gasteiger partial charge in [-0.25, -0.2) is 0 Å². The first kappa shape index (κ1) is 9.19. The summed E-state index contributed by atoms with van der Waals surface area (Å²) in [6.45, 7) is 0.00833. The third-order valence-electron chi connectivity index (χ3n) is 0.890. The van der Waals surface area contributed by atoms with Crippen molar-refractivity contribution in [3.63, 3.8) is 0 Å². The van der Waals surface area contributed by atoms with Crippen LogP contribution in [0, 0.1) is 5.41 Å². The van der Waals surface area contributed by atoms with Gasteiger partial charge in [-0.2, -0.15) is 17.6 Å². The minimum absolute atomic E-state index is 0.00833. The molecule has 0 spiro atoms. The van der Waals surface area contributed by atoms with E-state index in [9.17, 15) is 17.6 Å². The van der Waals surface area contributed by atoms with Gasteiger partial charge in [0.25, 0.3) is 0 Å². The van der Waals surface area contributed by atoms with Crippen LogP contribution in [0.5, 0.6) is 0 Å². The van der Waals surface area contributed by atoms with Crippen LogP contribution in [0.4, 0.5) is 17.6 Å². The molecular formula is C4H6F4N2. The largest absolute Gasteiger partial charge is 0.382 e. The van der Waals surface area contributed by atoms with Crippen molar-refractivity contribution in [1.82, 2.24) is 0 Å². The van der Waals surface area contributed by atoms with E-state index in [0.29, 0.717) is 0 Å². The molecule has 0 radical (unpaired) electrons. The van der Waals surface area contributed by atoms with Crippen LogP contribution in [-0.4, -0.2) is 17.7 Å². The maximum Gasteiger partial charge on any atom is 0.365 e. The number of hydrogen-bond donors (Lipinski definition) is 2. The SMILES string of the molecule is CC(F)(F)C(F)(F)C(=N)N. The first-order chi connectivity index (χ1) is 4.19. The predicted molar refractivity (Wildman–Crippen MR) is 27.5 cm³/mol. The monoisotopic (exact) mass is 158 g/mol. The molecule has 0 aromatic heterocycles. The summed E-state index contributed by atoms with van der Waals surface area (Å²) in [6.07, 6.45) is 0. The summed E-state index contributed by atoms with van der Waals surface area (Å²) in [5, 5.41) is 6.10. The first-order valence-electron chi connectivity index (χ1n) is 2.29. The van der Waals surface area contributed by atoms with Gasteiger partial charge in [0, 0.05) is 6.92 Å². The fraction of sp³-hybridized carbons (Fsp3) is 0.750. The van der Waals surface area contributed by atoms with Crippen molar-refractivity contribution < 1.29 is 17.6 Å². The Morgan fingerprint density at radius 1 is 1.30 bits per heavy atom. The number of nitrogens with two attached hydrogens (primary N) is 1. The van der Waals surface area contributed by atoms with E-state index in [1.165, 1.54) is 0 Å². The van der Waals surface area contributed by atoms with Gasteiger partial charge in [0.2, 0.25) is 0 Å². The molecule has 3 N–H and O–H groups in total. The van der Waals surface area contributed by atoms with Gasteiger partial charge < -0.3 is 5.73 Å². The highest BCUT2D eigenvalue weighted by Crippen LogP contribution is 2.32. The summed E-state index contributed by atoms with van der Waals surface area (Å²) in [6, 6.07) is 0. The lowest BCUT2D eigenvalue weighted by atomic mass is 10.2. The summed E-state index contributed by atoms with van der Waals surface area (Å²) in [4.78, 5) is 0. The molecule has 0 aliphatic rings. The number of rotatable bonds is 2. The molecule has 0 atom stereocenters. The third-order valence-corrected chi connectivity index (χ3v) is 0.890. The van der Waals surface area contributed by atoms with E-state index in [1.807, 2.05) is 0 Å². The highest BCUT2D eigenvalue weighted by Gasteiger charge is 2.55. The van der Waals surface area contributed by atoms with E-state index in [2.05, 4.69) is 5.73 Å². The number of amidine groups is 1. The van der Waals surface area contributed by atoms with Crippen LogP contribution in [-0.2, 0) is 0 Å². The van der Waals surface area contributed by atoms with Crippen LogP contribution >= 0.6 is 0 Å². The second-order valence-corrected chi connectivity index (χ2v) is 1.88. The summed E-state index contributed by atoms with van der Waals surface area (Å²) in [5.74, 6) is -10.6. The summed E-state index contributed by atoms with van der Waals surface area (Å²) >= 11 is 0. The molecule has 0 aromatic carbocycles. The van der Waals surface area contributed by atoms with E-state index in [0.717, 1.165) is 0 Å². The van der Waals surface area contributed by atoms with Crippen LogP contribution in [0.15, 0.2) is 0 Å². The van der Waals surface area contributed by atoms with E-state index in [4.69, 9.17) is 5.41 Å². The van der Waals surface area contributed by atoms with Gasteiger partial charge in [-0.05, 0) is 0 Å². The molecule has 0 aliphatic heterocycles. The van der Waals surface area contributed by atoms with Crippen molar-refractivity contribution in [2.75, 3.05) is 0 Å². The molecule has 60 valence electrons. The van der Waals surface area contributed by atoms with E-state index in [1.54, 1.807) is 0 Å². The zero-order valence-electron chi connectivity index (χ0n) is 5.09. The van der Waals surface area contributed by atoms with Crippen molar-refractivity contribution in [2.24, 2.45) is 5.73 Å². The summed E-state index contributed by atoms with van der Waals surface area (Å²) in [7, 11) is 0. The molecule has 0 amide bonds. The lowest BCUT2D eigenvalue weighted by Crippen LogP contribution is -2.48. The highest BCUT2D eigenvalue weighted by molar-refractivity contribution is 5.85. The second-order valence-electron chi connectivity index (χ2n) is 1.88. The van der Waals surface area contributed by atoms with Crippen LogP contribution in [0.2, 0.25) is 0 Å². The molecule has 0 fully saturated rings. The quantitative estimate of drug-likeness (QED) is 0.354. The van der Waals surface area contributed by atoms with E-state index in [-0.39, 0.29) is 6.92 Å². The van der Waals surface area contributed by atoms with Gasteiger partial charge in [-0.3, -0.25) is 5.41 Å². The molecule has 6 heteroatoms. The van der Waals surface area contributed by atoms with Crippen molar-refractivity contribution in [3.05, 3.63) is 0 Å². The summed E-state index contributed by atoms with van der Waals surface area (Å²) < 4.78 is 47.5. The zero-order valence-corrected chi connectivity index (χ0v) is 5.09. The smallest absolute Gasteiger partial charge is 0.365 e. The lowest BCUT2D eigenvalue weighted by molar-refractivity contribution is -0.154. The topological polar surface area (TPSA) is 49.9 Å². The molecule has 2 nitrogen and oxygen atoms in total. The summed E-state index contributed by atoms with van der Waals surface area (Å²) in [5.41, 5.74) is 4.21. The lowest BCUT2D eigenvalue weighted by Gasteiger charge is -2.20. The predicted octanol–water partition coefficient (Wildman–Crippen LogP) is 1.21. The number of halogens is 4. The average Bonchev–Trinajstić information content (AvgIpc) is 1.62. The van der Waals surface area contributed by atoms with Crippen molar-refractivity contribution in [2.45, 2.75) is 18.8 Å². The Labute approximate surface area is 54.5 Å². The third kappa shape index (κ3) is 1.37. The molecule has 10 heavy (non-hydrogen) atoms. The van der Waals surface area contributed by atoms with Gasteiger partial charge in [-0.15, -0.1) is 0 Å². The molecule has 0 heterocycles. The Bertz CT molecular complexity index is 148. The second kappa shape index (κ2) is 2.10. The zero-order chi connectivity index (χ0) is 8.58.